The van der Waals surface area contributed by atoms with Crippen LogP contribution in [0.5, 0.6) is 5.75 Å². The standard InChI is InChI=1S/C14H16N4O3/c1-21-10-6-4-9(5-7-10)11(8-2-3-8)15-13(19)12-16-14(20)18-17-12/h4-8,11H,2-3H2,1H3,(H,15,19)(H2,16,17,18,20)/t11-/m1/s1. The molecule has 7 heteroatoms. The molecular formula is C14H16N4O3. The van der Waals surface area contributed by atoms with Crippen LogP contribution in [0.2, 0.25) is 0 Å². The molecule has 1 atom stereocenters. The molecule has 1 aliphatic rings. The molecule has 1 saturated carbocycles. The molecule has 1 heterocycles. The lowest BCUT2D eigenvalue weighted by molar-refractivity contribution is 0.0921. The minimum Gasteiger partial charge on any atom is -0.497 e. The monoisotopic (exact) mass is 288 g/mol. The van der Waals surface area contributed by atoms with Crippen LogP contribution in [-0.4, -0.2) is 28.2 Å². The van der Waals surface area contributed by atoms with E-state index >= 15 is 0 Å². The van der Waals surface area contributed by atoms with Crippen molar-refractivity contribution < 1.29 is 9.53 Å². The van der Waals surface area contributed by atoms with Crippen molar-refractivity contribution in [2.45, 2.75) is 18.9 Å². The quantitative estimate of drug-likeness (QED) is 0.763. The summed E-state index contributed by atoms with van der Waals surface area (Å²) in [4.78, 5) is 25.5. The van der Waals surface area contributed by atoms with E-state index in [2.05, 4.69) is 20.5 Å². The molecule has 0 saturated heterocycles. The van der Waals surface area contributed by atoms with Crippen molar-refractivity contribution in [3.8, 4) is 5.75 Å². The Bertz CT molecular complexity index is 685. The highest BCUT2D eigenvalue weighted by Crippen LogP contribution is 2.41. The molecule has 0 spiro atoms. The van der Waals surface area contributed by atoms with Crippen molar-refractivity contribution in [2.75, 3.05) is 7.11 Å². The highest BCUT2D eigenvalue weighted by Gasteiger charge is 2.34. The molecule has 0 aliphatic heterocycles. The van der Waals surface area contributed by atoms with Gasteiger partial charge in [0.15, 0.2) is 0 Å². The second-order valence-electron chi connectivity index (χ2n) is 5.09. The molecule has 1 aromatic heterocycles. The average Bonchev–Trinajstić information content (AvgIpc) is 3.25. The number of aromatic nitrogens is 3. The highest BCUT2D eigenvalue weighted by molar-refractivity contribution is 5.90. The Balaban J connectivity index is 1.78. The van der Waals surface area contributed by atoms with Gasteiger partial charge in [0.1, 0.15) is 5.75 Å². The molecule has 0 radical (unpaired) electrons. The van der Waals surface area contributed by atoms with Crippen LogP contribution in [0.1, 0.15) is 35.1 Å². The number of ether oxygens (including phenoxy) is 1. The molecule has 1 amide bonds. The Kier molecular flexibility index (Phi) is 3.47. The summed E-state index contributed by atoms with van der Waals surface area (Å²) in [6.45, 7) is 0. The lowest BCUT2D eigenvalue weighted by Crippen LogP contribution is -2.31. The van der Waals surface area contributed by atoms with E-state index in [1.165, 1.54) is 0 Å². The van der Waals surface area contributed by atoms with Crippen LogP contribution >= 0.6 is 0 Å². The van der Waals surface area contributed by atoms with Crippen LogP contribution in [0.25, 0.3) is 0 Å². The van der Waals surface area contributed by atoms with Crippen LogP contribution in [0.3, 0.4) is 0 Å². The lowest BCUT2D eigenvalue weighted by atomic mass is 10.0. The number of hydrogen-bond donors (Lipinski definition) is 3. The van der Waals surface area contributed by atoms with Crippen molar-refractivity contribution in [3.63, 3.8) is 0 Å². The van der Waals surface area contributed by atoms with Gasteiger partial charge >= 0.3 is 5.69 Å². The molecule has 7 nitrogen and oxygen atoms in total. The van der Waals surface area contributed by atoms with Gasteiger partial charge in [-0.2, -0.15) is 0 Å². The van der Waals surface area contributed by atoms with Crippen LogP contribution in [0.15, 0.2) is 29.1 Å². The number of benzene rings is 1. The second-order valence-corrected chi connectivity index (χ2v) is 5.09. The minimum absolute atomic E-state index is 0.000776. The molecule has 2 aromatic rings. The number of carbonyl (C=O) groups is 1. The molecule has 0 unspecified atom stereocenters. The molecule has 0 bridgehead atoms. The number of nitrogens with zero attached hydrogens (tertiary/aromatic N) is 1. The summed E-state index contributed by atoms with van der Waals surface area (Å²) in [6.07, 6.45) is 2.15. The van der Waals surface area contributed by atoms with Gasteiger partial charge in [-0.3, -0.25) is 9.78 Å². The van der Waals surface area contributed by atoms with E-state index in [-0.39, 0.29) is 17.8 Å². The van der Waals surface area contributed by atoms with Crippen molar-refractivity contribution in [1.82, 2.24) is 20.5 Å². The molecule has 1 fully saturated rings. The van der Waals surface area contributed by atoms with E-state index in [1.807, 2.05) is 24.3 Å². The smallest absolute Gasteiger partial charge is 0.341 e. The third kappa shape index (κ3) is 2.96. The van der Waals surface area contributed by atoms with E-state index in [4.69, 9.17) is 4.74 Å². The Morgan fingerprint density at radius 2 is 2.10 bits per heavy atom. The van der Waals surface area contributed by atoms with Crippen LogP contribution in [-0.2, 0) is 0 Å². The van der Waals surface area contributed by atoms with E-state index in [1.54, 1.807) is 7.11 Å². The van der Waals surface area contributed by atoms with Crippen LogP contribution in [0.4, 0.5) is 0 Å². The maximum absolute atomic E-state index is 12.1. The largest absolute Gasteiger partial charge is 0.497 e. The zero-order chi connectivity index (χ0) is 14.8. The molecule has 1 aliphatic carbocycles. The summed E-state index contributed by atoms with van der Waals surface area (Å²) in [5.74, 6) is 0.810. The molecule has 110 valence electrons. The number of methoxy groups -OCH3 is 1. The van der Waals surface area contributed by atoms with Gasteiger partial charge in [0.05, 0.1) is 13.2 Å². The topological polar surface area (TPSA) is 99.9 Å². The van der Waals surface area contributed by atoms with Crippen LogP contribution < -0.4 is 15.7 Å². The summed E-state index contributed by atoms with van der Waals surface area (Å²) < 4.78 is 5.14. The SMILES string of the molecule is COc1ccc([C@H](NC(=O)c2n[nH]c(=O)[nH]2)C2CC2)cc1. The minimum atomic E-state index is -0.493. The van der Waals surface area contributed by atoms with E-state index in [9.17, 15) is 9.59 Å². The summed E-state index contributed by atoms with van der Waals surface area (Å²) >= 11 is 0. The van der Waals surface area contributed by atoms with E-state index < -0.39 is 5.69 Å². The molecular weight excluding hydrogens is 272 g/mol. The zero-order valence-corrected chi connectivity index (χ0v) is 11.6. The Morgan fingerprint density at radius 3 is 2.62 bits per heavy atom. The summed E-state index contributed by atoms with van der Waals surface area (Å²) in [7, 11) is 1.61. The maximum atomic E-state index is 12.1. The van der Waals surface area contributed by atoms with Gasteiger partial charge < -0.3 is 10.1 Å². The normalized spacial score (nSPS) is 15.5. The van der Waals surface area contributed by atoms with Gasteiger partial charge in [-0.25, -0.2) is 9.89 Å². The third-order valence-corrected chi connectivity index (χ3v) is 3.57. The fourth-order valence-electron chi connectivity index (χ4n) is 2.30. The van der Waals surface area contributed by atoms with Crippen LogP contribution in [0, 0.1) is 5.92 Å². The number of hydrogen-bond acceptors (Lipinski definition) is 4. The molecule has 3 rings (SSSR count). The average molecular weight is 288 g/mol. The first-order valence-corrected chi connectivity index (χ1v) is 6.77. The maximum Gasteiger partial charge on any atom is 0.341 e. The Morgan fingerprint density at radius 1 is 1.38 bits per heavy atom. The first-order chi connectivity index (χ1) is 10.2. The number of aromatic amines is 2. The van der Waals surface area contributed by atoms with Gasteiger partial charge in [-0.05, 0) is 36.5 Å². The van der Waals surface area contributed by atoms with Crippen molar-refractivity contribution in [1.29, 1.82) is 0 Å². The zero-order valence-electron chi connectivity index (χ0n) is 11.6. The van der Waals surface area contributed by atoms with Gasteiger partial charge in [0, 0.05) is 0 Å². The molecule has 1 aromatic carbocycles. The predicted octanol–water partition coefficient (Wildman–Crippen LogP) is 0.988. The van der Waals surface area contributed by atoms with E-state index in [0.717, 1.165) is 24.2 Å². The Hall–Kier alpha value is -2.57. The number of amides is 1. The van der Waals surface area contributed by atoms with Gasteiger partial charge in [0.2, 0.25) is 5.82 Å². The first kappa shape index (κ1) is 13.4. The number of H-pyrrole nitrogens is 2. The summed E-state index contributed by atoms with van der Waals surface area (Å²) in [5.41, 5.74) is 0.525. The number of rotatable bonds is 5. The predicted molar refractivity (Wildman–Crippen MR) is 75.1 cm³/mol. The van der Waals surface area contributed by atoms with Crippen molar-refractivity contribution >= 4 is 5.91 Å². The molecule has 21 heavy (non-hydrogen) atoms. The molecule has 3 N–H and O–H groups in total. The fraction of sp³-hybridized carbons (Fsp3) is 0.357. The van der Waals surface area contributed by atoms with Gasteiger partial charge in [0.25, 0.3) is 5.91 Å². The highest BCUT2D eigenvalue weighted by atomic mass is 16.5. The van der Waals surface area contributed by atoms with Crippen molar-refractivity contribution in [3.05, 3.63) is 46.1 Å². The first-order valence-electron chi connectivity index (χ1n) is 6.77. The van der Waals surface area contributed by atoms with Gasteiger partial charge in [-0.1, -0.05) is 12.1 Å². The Labute approximate surface area is 120 Å². The lowest BCUT2D eigenvalue weighted by Gasteiger charge is -2.18. The van der Waals surface area contributed by atoms with Crippen molar-refractivity contribution in [2.24, 2.45) is 5.92 Å². The van der Waals surface area contributed by atoms with E-state index in [0.29, 0.717) is 5.92 Å². The summed E-state index contributed by atoms with van der Waals surface area (Å²) in [5, 5.41) is 8.76. The van der Waals surface area contributed by atoms with Gasteiger partial charge in [-0.15, -0.1) is 5.10 Å². The fourth-order valence-corrected chi connectivity index (χ4v) is 2.30. The number of nitrogens with one attached hydrogen (secondary N) is 3. The third-order valence-electron chi connectivity index (χ3n) is 3.57. The second kappa shape index (κ2) is 5.43. The number of carbonyl (C=O) groups excluding carboxylic acids is 1. The summed E-state index contributed by atoms with van der Waals surface area (Å²) in [6, 6.07) is 7.54.